The number of hydrogen-bond acceptors (Lipinski definition) is 3. The quantitative estimate of drug-likeness (QED) is 0.842. The zero-order valence-electron chi connectivity index (χ0n) is 12.4. The Morgan fingerprint density at radius 2 is 1.71 bits per heavy atom. The molecular formula is C15H22FNO3S. The van der Waals surface area contributed by atoms with Gasteiger partial charge in [0, 0.05) is 6.04 Å². The number of sulfonamides is 1. The van der Waals surface area contributed by atoms with Crippen molar-refractivity contribution in [3.8, 4) is 0 Å². The van der Waals surface area contributed by atoms with E-state index in [1.807, 2.05) is 0 Å². The van der Waals surface area contributed by atoms with Gasteiger partial charge in [-0.25, -0.2) is 17.5 Å². The summed E-state index contributed by atoms with van der Waals surface area (Å²) >= 11 is 0. The highest BCUT2D eigenvalue weighted by molar-refractivity contribution is 7.89. The van der Waals surface area contributed by atoms with Crippen LogP contribution in [0, 0.1) is 19.7 Å². The molecule has 21 heavy (non-hydrogen) atoms. The lowest BCUT2D eigenvalue weighted by atomic mass is 10.1. The summed E-state index contributed by atoms with van der Waals surface area (Å²) < 4.78 is 41.1. The molecule has 0 spiro atoms. The van der Waals surface area contributed by atoms with Crippen molar-refractivity contribution in [3.05, 3.63) is 29.1 Å². The minimum atomic E-state index is -3.76. The molecule has 2 atom stereocenters. The predicted octanol–water partition coefficient (Wildman–Crippen LogP) is 2.41. The third kappa shape index (κ3) is 3.81. The number of hydrogen-bond donors (Lipinski definition) is 2. The Labute approximate surface area is 125 Å². The van der Waals surface area contributed by atoms with E-state index in [2.05, 4.69) is 4.72 Å². The average Bonchev–Trinajstić information content (AvgIpc) is 2.52. The van der Waals surface area contributed by atoms with E-state index in [0.29, 0.717) is 24.0 Å². The Morgan fingerprint density at radius 3 is 2.33 bits per heavy atom. The Hall–Kier alpha value is -0.980. The Balaban J connectivity index is 2.30. The topological polar surface area (TPSA) is 66.4 Å². The first-order chi connectivity index (χ1) is 9.81. The minimum Gasteiger partial charge on any atom is -0.391 e. The van der Waals surface area contributed by atoms with Crippen LogP contribution < -0.4 is 4.72 Å². The van der Waals surface area contributed by atoms with Crippen LogP contribution in [0.3, 0.4) is 0 Å². The smallest absolute Gasteiger partial charge is 0.241 e. The van der Waals surface area contributed by atoms with Gasteiger partial charge in [0.2, 0.25) is 10.0 Å². The standard InChI is InChI=1S/C15H22FNO3S/c1-10-8-12(16)9-11(2)15(10)21(19,20)17-13-6-4-3-5-7-14(13)18/h8-9,13-14,17-18H,3-7H2,1-2H3. The van der Waals surface area contributed by atoms with Crippen molar-refractivity contribution in [2.75, 3.05) is 0 Å². The Kier molecular flexibility index (Phi) is 5.01. The molecule has 1 aromatic rings. The van der Waals surface area contributed by atoms with Crippen molar-refractivity contribution >= 4 is 10.0 Å². The van der Waals surface area contributed by atoms with Crippen LogP contribution in [-0.4, -0.2) is 25.7 Å². The SMILES string of the molecule is Cc1cc(F)cc(C)c1S(=O)(=O)NC1CCCCCC1O. The zero-order chi connectivity index (χ0) is 15.6. The van der Waals surface area contributed by atoms with Gasteiger partial charge in [0.1, 0.15) is 5.82 Å². The van der Waals surface area contributed by atoms with Crippen LogP contribution in [0.2, 0.25) is 0 Å². The van der Waals surface area contributed by atoms with Crippen LogP contribution in [0.4, 0.5) is 4.39 Å². The summed E-state index contributed by atoms with van der Waals surface area (Å²) in [5.41, 5.74) is 0.756. The molecule has 118 valence electrons. The zero-order valence-corrected chi connectivity index (χ0v) is 13.2. The van der Waals surface area contributed by atoms with E-state index in [1.54, 1.807) is 13.8 Å². The third-order valence-corrected chi connectivity index (χ3v) is 5.77. The second-order valence-electron chi connectivity index (χ2n) is 5.80. The molecule has 1 aliphatic rings. The fourth-order valence-electron chi connectivity index (χ4n) is 3.01. The van der Waals surface area contributed by atoms with E-state index in [-0.39, 0.29) is 4.90 Å². The van der Waals surface area contributed by atoms with E-state index in [9.17, 15) is 17.9 Å². The van der Waals surface area contributed by atoms with Crippen LogP contribution in [0.1, 0.15) is 43.2 Å². The normalized spacial score (nSPS) is 23.8. The molecular weight excluding hydrogens is 293 g/mol. The molecule has 4 nitrogen and oxygen atoms in total. The molecule has 1 saturated carbocycles. The number of rotatable bonds is 3. The molecule has 6 heteroatoms. The highest BCUT2D eigenvalue weighted by atomic mass is 32.2. The summed E-state index contributed by atoms with van der Waals surface area (Å²) in [6.07, 6.45) is 3.38. The van der Waals surface area contributed by atoms with Gasteiger partial charge in [-0.2, -0.15) is 0 Å². The molecule has 0 heterocycles. The molecule has 0 bridgehead atoms. The van der Waals surface area contributed by atoms with Crippen LogP contribution >= 0.6 is 0 Å². The third-order valence-electron chi connectivity index (χ3n) is 3.98. The van der Waals surface area contributed by atoms with Crippen LogP contribution in [0.25, 0.3) is 0 Å². The number of aryl methyl sites for hydroxylation is 2. The molecule has 1 aromatic carbocycles. The fourth-order valence-corrected chi connectivity index (χ4v) is 4.76. The summed E-state index contributed by atoms with van der Waals surface area (Å²) in [6, 6.07) is 1.96. The monoisotopic (exact) mass is 315 g/mol. The molecule has 2 unspecified atom stereocenters. The van der Waals surface area contributed by atoms with Crippen molar-refractivity contribution in [2.24, 2.45) is 0 Å². The number of aliphatic hydroxyl groups is 1. The van der Waals surface area contributed by atoms with Gasteiger partial charge in [-0.3, -0.25) is 0 Å². The van der Waals surface area contributed by atoms with E-state index >= 15 is 0 Å². The van der Waals surface area contributed by atoms with Crippen LogP contribution in [-0.2, 0) is 10.0 Å². The maximum Gasteiger partial charge on any atom is 0.241 e. The Bertz CT molecular complexity index is 592. The lowest BCUT2D eigenvalue weighted by Crippen LogP contribution is -2.43. The first-order valence-corrected chi connectivity index (χ1v) is 8.77. The summed E-state index contributed by atoms with van der Waals surface area (Å²) in [7, 11) is -3.76. The van der Waals surface area contributed by atoms with Gasteiger partial charge in [-0.05, 0) is 49.9 Å². The molecule has 2 N–H and O–H groups in total. The maximum atomic E-state index is 13.3. The molecule has 0 aliphatic heterocycles. The highest BCUT2D eigenvalue weighted by Gasteiger charge is 2.29. The number of benzene rings is 1. The summed E-state index contributed by atoms with van der Waals surface area (Å²) in [4.78, 5) is 0.111. The number of aliphatic hydroxyl groups excluding tert-OH is 1. The van der Waals surface area contributed by atoms with Crippen molar-refractivity contribution in [3.63, 3.8) is 0 Å². The van der Waals surface area contributed by atoms with E-state index < -0.39 is 28.0 Å². The van der Waals surface area contributed by atoms with Crippen molar-refractivity contribution in [2.45, 2.75) is 63.0 Å². The average molecular weight is 315 g/mol. The minimum absolute atomic E-state index is 0.111. The van der Waals surface area contributed by atoms with Crippen LogP contribution in [0.15, 0.2) is 17.0 Å². The largest absolute Gasteiger partial charge is 0.391 e. The summed E-state index contributed by atoms with van der Waals surface area (Å²) in [6.45, 7) is 3.16. The van der Waals surface area contributed by atoms with Gasteiger partial charge in [-0.15, -0.1) is 0 Å². The van der Waals surface area contributed by atoms with E-state index in [1.165, 1.54) is 12.1 Å². The van der Waals surface area contributed by atoms with E-state index in [0.717, 1.165) is 19.3 Å². The predicted molar refractivity (Wildman–Crippen MR) is 79.1 cm³/mol. The number of halogens is 1. The second-order valence-corrected chi connectivity index (χ2v) is 7.45. The lowest BCUT2D eigenvalue weighted by Gasteiger charge is -2.22. The first-order valence-electron chi connectivity index (χ1n) is 7.28. The maximum absolute atomic E-state index is 13.3. The lowest BCUT2D eigenvalue weighted by molar-refractivity contribution is 0.130. The summed E-state index contributed by atoms with van der Waals surface area (Å²) in [5.74, 6) is -0.446. The first kappa shape index (κ1) is 16.4. The molecule has 2 rings (SSSR count). The van der Waals surface area contributed by atoms with Crippen molar-refractivity contribution in [1.29, 1.82) is 0 Å². The molecule has 1 fully saturated rings. The molecule has 1 aliphatic carbocycles. The summed E-state index contributed by atoms with van der Waals surface area (Å²) in [5, 5.41) is 10.1. The van der Waals surface area contributed by atoms with Gasteiger partial charge in [-0.1, -0.05) is 19.3 Å². The van der Waals surface area contributed by atoms with Gasteiger partial charge in [0.15, 0.2) is 0 Å². The van der Waals surface area contributed by atoms with Gasteiger partial charge < -0.3 is 5.11 Å². The molecule has 0 saturated heterocycles. The number of nitrogens with one attached hydrogen (secondary N) is 1. The highest BCUT2D eigenvalue weighted by Crippen LogP contribution is 2.24. The molecule has 0 amide bonds. The van der Waals surface area contributed by atoms with Gasteiger partial charge in [0.25, 0.3) is 0 Å². The van der Waals surface area contributed by atoms with E-state index in [4.69, 9.17) is 0 Å². The van der Waals surface area contributed by atoms with Crippen molar-refractivity contribution in [1.82, 2.24) is 4.72 Å². The molecule has 0 radical (unpaired) electrons. The van der Waals surface area contributed by atoms with Crippen LogP contribution in [0.5, 0.6) is 0 Å². The molecule has 0 aromatic heterocycles. The fraction of sp³-hybridized carbons (Fsp3) is 0.600. The van der Waals surface area contributed by atoms with Gasteiger partial charge in [0.05, 0.1) is 11.0 Å². The van der Waals surface area contributed by atoms with Gasteiger partial charge >= 0.3 is 0 Å². The Morgan fingerprint density at radius 1 is 1.14 bits per heavy atom. The van der Waals surface area contributed by atoms with Crippen molar-refractivity contribution < 1.29 is 17.9 Å². The second kappa shape index (κ2) is 6.42.